The van der Waals surface area contributed by atoms with Gasteiger partial charge in [-0.25, -0.2) is 0 Å². The summed E-state index contributed by atoms with van der Waals surface area (Å²) in [4.78, 5) is 0. The highest BCUT2D eigenvalue weighted by atomic mass is 14.9. The molecule has 0 aromatic rings. The van der Waals surface area contributed by atoms with E-state index >= 15 is 0 Å². The number of hydrogen-bond donors (Lipinski definition) is 1. The standard InChI is InChI=1S/C8H15N/c1-9-8-6-4-2-3-5-7-8/h4,6,8-9H,2-3,5,7H2,1H3. The summed E-state index contributed by atoms with van der Waals surface area (Å²) in [6.07, 6.45) is 9.90. The molecule has 0 amide bonds. The Labute approximate surface area is 57.1 Å². The van der Waals surface area contributed by atoms with Crippen LogP contribution in [-0.4, -0.2) is 13.1 Å². The first kappa shape index (κ1) is 6.81. The molecule has 0 saturated heterocycles. The molecule has 1 aliphatic rings. The van der Waals surface area contributed by atoms with E-state index in [0.717, 1.165) is 0 Å². The van der Waals surface area contributed by atoms with Crippen molar-refractivity contribution in [2.24, 2.45) is 0 Å². The zero-order valence-corrected chi connectivity index (χ0v) is 6.06. The maximum Gasteiger partial charge on any atom is 0.0247 e. The van der Waals surface area contributed by atoms with Gasteiger partial charge in [0.25, 0.3) is 0 Å². The quantitative estimate of drug-likeness (QED) is 0.526. The lowest BCUT2D eigenvalue weighted by Crippen LogP contribution is -2.21. The van der Waals surface area contributed by atoms with Gasteiger partial charge in [0.1, 0.15) is 0 Å². The second-order valence-corrected chi connectivity index (χ2v) is 2.61. The highest BCUT2D eigenvalue weighted by molar-refractivity contribution is 4.94. The van der Waals surface area contributed by atoms with Crippen LogP contribution in [0.2, 0.25) is 0 Å². The number of likely N-dealkylation sites (N-methyl/N-ethyl adjacent to an activating group) is 1. The van der Waals surface area contributed by atoms with E-state index in [9.17, 15) is 0 Å². The summed E-state index contributed by atoms with van der Waals surface area (Å²) < 4.78 is 0. The van der Waals surface area contributed by atoms with Crippen molar-refractivity contribution in [1.82, 2.24) is 5.32 Å². The molecule has 1 heteroatoms. The van der Waals surface area contributed by atoms with Crippen molar-refractivity contribution < 1.29 is 0 Å². The molecule has 0 saturated carbocycles. The molecule has 0 spiro atoms. The fourth-order valence-electron chi connectivity index (χ4n) is 1.22. The van der Waals surface area contributed by atoms with Gasteiger partial charge in [0, 0.05) is 6.04 Å². The molecule has 9 heavy (non-hydrogen) atoms. The van der Waals surface area contributed by atoms with Gasteiger partial charge in [-0.1, -0.05) is 18.6 Å². The SMILES string of the molecule is CNC1C=CCCCC1. The highest BCUT2D eigenvalue weighted by Crippen LogP contribution is 2.09. The van der Waals surface area contributed by atoms with Crippen LogP contribution in [0.4, 0.5) is 0 Å². The van der Waals surface area contributed by atoms with Crippen molar-refractivity contribution in [2.75, 3.05) is 7.05 Å². The number of rotatable bonds is 1. The Morgan fingerprint density at radius 2 is 2.33 bits per heavy atom. The third-order valence-corrected chi connectivity index (χ3v) is 1.88. The summed E-state index contributed by atoms with van der Waals surface area (Å²) in [5.41, 5.74) is 0. The first-order valence-electron chi connectivity index (χ1n) is 3.77. The Morgan fingerprint density at radius 3 is 3.11 bits per heavy atom. The summed E-state index contributed by atoms with van der Waals surface area (Å²) in [5, 5.41) is 3.26. The van der Waals surface area contributed by atoms with Crippen molar-refractivity contribution in [3.63, 3.8) is 0 Å². The largest absolute Gasteiger partial charge is 0.314 e. The lowest BCUT2D eigenvalue weighted by molar-refractivity contribution is 0.585. The van der Waals surface area contributed by atoms with Crippen LogP contribution < -0.4 is 5.32 Å². The zero-order valence-electron chi connectivity index (χ0n) is 6.06. The summed E-state index contributed by atoms with van der Waals surface area (Å²) in [5.74, 6) is 0. The van der Waals surface area contributed by atoms with Gasteiger partial charge >= 0.3 is 0 Å². The predicted octanol–water partition coefficient (Wildman–Crippen LogP) is 1.70. The average Bonchev–Trinajstić information content (AvgIpc) is 2.13. The summed E-state index contributed by atoms with van der Waals surface area (Å²) in [6, 6.07) is 0.646. The lowest BCUT2D eigenvalue weighted by Gasteiger charge is -2.07. The molecule has 1 N–H and O–H groups in total. The summed E-state index contributed by atoms with van der Waals surface area (Å²) >= 11 is 0. The minimum Gasteiger partial charge on any atom is -0.314 e. The molecule has 0 aromatic carbocycles. The van der Waals surface area contributed by atoms with E-state index in [1.807, 2.05) is 7.05 Å². The molecule has 52 valence electrons. The van der Waals surface area contributed by atoms with Crippen LogP contribution in [0.5, 0.6) is 0 Å². The van der Waals surface area contributed by atoms with E-state index < -0.39 is 0 Å². The van der Waals surface area contributed by atoms with E-state index in [0.29, 0.717) is 6.04 Å². The zero-order chi connectivity index (χ0) is 6.53. The van der Waals surface area contributed by atoms with Crippen LogP contribution in [0.15, 0.2) is 12.2 Å². The average molecular weight is 125 g/mol. The second kappa shape index (κ2) is 3.67. The topological polar surface area (TPSA) is 12.0 Å². The third-order valence-electron chi connectivity index (χ3n) is 1.88. The fraction of sp³-hybridized carbons (Fsp3) is 0.750. The molecule has 0 heterocycles. The Kier molecular flexibility index (Phi) is 2.78. The molecule has 0 aliphatic heterocycles. The van der Waals surface area contributed by atoms with Gasteiger partial charge in [0.05, 0.1) is 0 Å². The summed E-state index contributed by atoms with van der Waals surface area (Å²) in [7, 11) is 2.03. The van der Waals surface area contributed by atoms with Crippen LogP contribution in [0.1, 0.15) is 25.7 Å². The van der Waals surface area contributed by atoms with Crippen LogP contribution in [0, 0.1) is 0 Å². The number of nitrogens with one attached hydrogen (secondary N) is 1. The Balaban J connectivity index is 2.33. The van der Waals surface area contributed by atoms with Crippen LogP contribution >= 0.6 is 0 Å². The van der Waals surface area contributed by atoms with E-state index in [-0.39, 0.29) is 0 Å². The lowest BCUT2D eigenvalue weighted by atomic mass is 10.1. The van der Waals surface area contributed by atoms with Gasteiger partial charge < -0.3 is 5.32 Å². The Bertz CT molecular complexity index is 96.7. The Morgan fingerprint density at radius 1 is 1.44 bits per heavy atom. The molecular formula is C8H15N. The third kappa shape index (κ3) is 2.19. The Hall–Kier alpha value is -0.300. The van der Waals surface area contributed by atoms with E-state index in [4.69, 9.17) is 0 Å². The first-order chi connectivity index (χ1) is 4.43. The predicted molar refractivity (Wildman–Crippen MR) is 40.5 cm³/mol. The normalized spacial score (nSPS) is 27.9. The van der Waals surface area contributed by atoms with Crippen molar-refractivity contribution in [1.29, 1.82) is 0 Å². The van der Waals surface area contributed by atoms with E-state index in [2.05, 4.69) is 17.5 Å². The molecule has 0 fully saturated rings. The molecule has 0 radical (unpaired) electrons. The molecule has 1 rings (SSSR count). The van der Waals surface area contributed by atoms with Crippen LogP contribution in [0.25, 0.3) is 0 Å². The van der Waals surface area contributed by atoms with Crippen molar-refractivity contribution >= 4 is 0 Å². The maximum absolute atomic E-state index is 3.26. The molecule has 1 atom stereocenters. The first-order valence-corrected chi connectivity index (χ1v) is 3.77. The number of allylic oxidation sites excluding steroid dienone is 1. The summed E-state index contributed by atoms with van der Waals surface area (Å²) in [6.45, 7) is 0. The van der Waals surface area contributed by atoms with Gasteiger partial charge in [-0.15, -0.1) is 0 Å². The maximum atomic E-state index is 3.26. The monoisotopic (exact) mass is 125 g/mol. The van der Waals surface area contributed by atoms with E-state index in [1.54, 1.807) is 0 Å². The molecule has 1 unspecified atom stereocenters. The van der Waals surface area contributed by atoms with E-state index in [1.165, 1.54) is 25.7 Å². The highest BCUT2D eigenvalue weighted by Gasteiger charge is 2.02. The molecule has 0 aromatic heterocycles. The van der Waals surface area contributed by atoms with Crippen molar-refractivity contribution in [2.45, 2.75) is 31.7 Å². The van der Waals surface area contributed by atoms with Gasteiger partial charge in [-0.05, 0) is 26.3 Å². The smallest absolute Gasteiger partial charge is 0.0247 e. The van der Waals surface area contributed by atoms with Gasteiger partial charge in [0.2, 0.25) is 0 Å². The van der Waals surface area contributed by atoms with Gasteiger partial charge in [-0.2, -0.15) is 0 Å². The minimum atomic E-state index is 0.646. The molecule has 1 aliphatic carbocycles. The molecule has 1 nitrogen and oxygen atoms in total. The fourth-order valence-corrected chi connectivity index (χ4v) is 1.22. The van der Waals surface area contributed by atoms with Crippen molar-refractivity contribution in [3.8, 4) is 0 Å². The molecular weight excluding hydrogens is 110 g/mol. The second-order valence-electron chi connectivity index (χ2n) is 2.61. The molecule has 0 bridgehead atoms. The number of hydrogen-bond acceptors (Lipinski definition) is 1. The van der Waals surface area contributed by atoms with Crippen LogP contribution in [-0.2, 0) is 0 Å². The minimum absolute atomic E-state index is 0.646. The van der Waals surface area contributed by atoms with Crippen LogP contribution in [0.3, 0.4) is 0 Å². The van der Waals surface area contributed by atoms with Crippen molar-refractivity contribution in [3.05, 3.63) is 12.2 Å². The van der Waals surface area contributed by atoms with Gasteiger partial charge in [0.15, 0.2) is 0 Å². The van der Waals surface area contributed by atoms with Gasteiger partial charge in [-0.3, -0.25) is 0 Å².